The molecule has 24 heavy (non-hydrogen) atoms. The Hall–Kier alpha value is -1.95. The van der Waals surface area contributed by atoms with E-state index < -0.39 is 0 Å². The Balaban J connectivity index is 1.39. The van der Waals surface area contributed by atoms with Crippen molar-refractivity contribution in [2.45, 2.75) is 32.2 Å². The van der Waals surface area contributed by atoms with E-state index in [1.54, 1.807) is 0 Å². The number of anilines is 1. The van der Waals surface area contributed by atoms with Crippen molar-refractivity contribution in [2.75, 3.05) is 24.5 Å². The van der Waals surface area contributed by atoms with E-state index in [1.807, 2.05) is 18.2 Å². The fraction of sp³-hybridized carbons (Fsp3) is 0.500. The molecule has 1 aromatic carbocycles. The summed E-state index contributed by atoms with van der Waals surface area (Å²) in [6.45, 7) is 4.63. The van der Waals surface area contributed by atoms with Gasteiger partial charge in [-0.25, -0.2) is 4.98 Å². The normalized spacial score (nSPS) is 21.1. The maximum absolute atomic E-state index is 12.3. The van der Waals surface area contributed by atoms with E-state index in [0.29, 0.717) is 11.8 Å². The van der Waals surface area contributed by atoms with Gasteiger partial charge >= 0.3 is 0 Å². The second kappa shape index (κ2) is 6.51. The Morgan fingerprint density at radius 2 is 2.04 bits per heavy atom. The molecular weight excluding hydrogens is 320 g/mol. The fourth-order valence-electron chi connectivity index (χ4n) is 3.25. The monoisotopic (exact) mass is 342 g/mol. The van der Waals surface area contributed by atoms with E-state index in [1.165, 1.54) is 17.1 Å². The summed E-state index contributed by atoms with van der Waals surface area (Å²) in [5, 5.41) is 0.978. The van der Waals surface area contributed by atoms with Crippen molar-refractivity contribution in [2.24, 2.45) is 5.92 Å². The summed E-state index contributed by atoms with van der Waals surface area (Å²) < 4.78 is 4.51. The molecule has 0 bridgehead atoms. The van der Waals surface area contributed by atoms with Crippen LogP contribution in [0.5, 0.6) is 0 Å². The Kier molecular flexibility index (Phi) is 4.22. The quantitative estimate of drug-likeness (QED) is 0.857. The molecule has 1 saturated carbocycles. The second-order valence-electron chi connectivity index (χ2n) is 6.76. The van der Waals surface area contributed by atoms with Crippen LogP contribution < -0.4 is 4.90 Å². The van der Waals surface area contributed by atoms with Crippen LogP contribution in [0.15, 0.2) is 30.3 Å². The first-order valence-electron chi connectivity index (χ1n) is 8.62. The van der Waals surface area contributed by atoms with Gasteiger partial charge in [-0.2, -0.15) is 4.37 Å². The van der Waals surface area contributed by atoms with E-state index in [0.717, 1.165) is 49.9 Å². The first-order chi connectivity index (χ1) is 11.7. The Morgan fingerprint density at radius 3 is 2.75 bits per heavy atom. The van der Waals surface area contributed by atoms with E-state index >= 15 is 0 Å². The Morgan fingerprint density at radius 1 is 1.25 bits per heavy atom. The molecule has 126 valence electrons. The van der Waals surface area contributed by atoms with Gasteiger partial charge in [-0.15, -0.1) is 0 Å². The largest absolute Gasteiger partial charge is 0.343 e. The van der Waals surface area contributed by atoms with Crippen molar-refractivity contribution < 1.29 is 4.79 Å². The number of hydrogen-bond donors (Lipinski definition) is 0. The van der Waals surface area contributed by atoms with Crippen LogP contribution >= 0.6 is 11.5 Å². The minimum Gasteiger partial charge on any atom is -0.343 e. The van der Waals surface area contributed by atoms with Gasteiger partial charge in [0.2, 0.25) is 11.0 Å². The molecule has 2 heterocycles. The van der Waals surface area contributed by atoms with Crippen molar-refractivity contribution in [3.8, 4) is 0 Å². The molecular formula is C18H22N4OS. The average molecular weight is 342 g/mol. The number of hydrogen-bond acceptors (Lipinski definition) is 5. The predicted octanol–water partition coefficient (Wildman–Crippen LogP) is 2.58. The molecule has 2 aromatic rings. The summed E-state index contributed by atoms with van der Waals surface area (Å²) in [4.78, 5) is 21.3. The third-order valence-electron chi connectivity index (χ3n) is 4.77. The molecule has 0 spiro atoms. The smallest absolute Gasteiger partial charge is 0.226 e. The van der Waals surface area contributed by atoms with Gasteiger partial charge in [0.1, 0.15) is 5.82 Å². The van der Waals surface area contributed by atoms with E-state index in [-0.39, 0.29) is 6.04 Å². The number of piperazine rings is 1. The van der Waals surface area contributed by atoms with Gasteiger partial charge in [-0.05, 0) is 25.3 Å². The van der Waals surface area contributed by atoms with Crippen LogP contribution in [0, 0.1) is 5.92 Å². The molecule has 0 N–H and O–H groups in total. The third-order valence-corrected chi connectivity index (χ3v) is 5.58. The number of nitrogens with zero attached hydrogens (tertiary/aromatic N) is 4. The maximum atomic E-state index is 12.3. The lowest BCUT2D eigenvalue weighted by atomic mass is 10.1. The van der Waals surface area contributed by atoms with Crippen LogP contribution in [0.3, 0.4) is 0 Å². The molecule has 2 fully saturated rings. The maximum Gasteiger partial charge on any atom is 0.226 e. The zero-order valence-corrected chi connectivity index (χ0v) is 14.7. The van der Waals surface area contributed by atoms with Gasteiger partial charge in [-0.3, -0.25) is 4.79 Å². The standard InChI is InChI=1S/C18H22N4OS/c1-13-12-21(9-10-22(13)17(23)15-7-8-15)18-19-16(20-24-18)11-14-5-3-2-4-6-14/h2-6,13,15H,7-12H2,1H3. The molecule has 1 aliphatic carbocycles. The van der Waals surface area contributed by atoms with E-state index in [2.05, 4.69) is 33.2 Å². The first kappa shape index (κ1) is 15.6. The highest BCUT2D eigenvalue weighted by Crippen LogP contribution is 2.32. The summed E-state index contributed by atoms with van der Waals surface area (Å²) in [6, 6.07) is 10.6. The van der Waals surface area contributed by atoms with Crippen LogP contribution in [0.25, 0.3) is 0 Å². The van der Waals surface area contributed by atoms with Gasteiger partial charge in [-0.1, -0.05) is 30.3 Å². The molecule has 1 saturated heterocycles. The van der Waals surface area contributed by atoms with Crippen molar-refractivity contribution >= 4 is 22.6 Å². The Bertz CT molecular complexity index is 713. The number of amides is 1. The second-order valence-corrected chi connectivity index (χ2v) is 7.49. The molecule has 2 aliphatic rings. The van der Waals surface area contributed by atoms with E-state index in [9.17, 15) is 4.79 Å². The Labute approximate surface area is 146 Å². The van der Waals surface area contributed by atoms with Gasteiger partial charge in [0.15, 0.2) is 0 Å². The predicted molar refractivity (Wildman–Crippen MR) is 95.3 cm³/mol. The van der Waals surface area contributed by atoms with Crippen LogP contribution in [-0.4, -0.2) is 45.8 Å². The molecule has 6 heteroatoms. The lowest BCUT2D eigenvalue weighted by Crippen LogP contribution is -2.54. The van der Waals surface area contributed by atoms with Crippen molar-refractivity contribution in [3.63, 3.8) is 0 Å². The number of benzene rings is 1. The lowest BCUT2D eigenvalue weighted by molar-refractivity contribution is -0.134. The van der Waals surface area contributed by atoms with Gasteiger partial charge in [0.25, 0.3) is 0 Å². The number of carbonyl (C=O) groups is 1. The van der Waals surface area contributed by atoms with Gasteiger partial charge in [0.05, 0.1) is 0 Å². The summed E-state index contributed by atoms with van der Waals surface area (Å²) in [5.74, 6) is 1.53. The van der Waals surface area contributed by atoms with Gasteiger partial charge < -0.3 is 9.80 Å². The number of carbonyl (C=O) groups excluding carboxylic acids is 1. The molecule has 1 amide bonds. The fourth-order valence-corrected chi connectivity index (χ4v) is 3.97. The van der Waals surface area contributed by atoms with E-state index in [4.69, 9.17) is 4.98 Å². The minimum absolute atomic E-state index is 0.244. The first-order valence-corrected chi connectivity index (χ1v) is 9.40. The molecule has 1 atom stereocenters. The summed E-state index contributed by atoms with van der Waals surface area (Å²) in [6.07, 6.45) is 2.92. The molecule has 0 radical (unpaired) electrons. The zero-order chi connectivity index (χ0) is 16.5. The number of aromatic nitrogens is 2. The molecule has 1 aromatic heterocycles. The molecule has 1 unspecified atom stereocenters. The van der Waals surface area contributed by atoms with Gasteiger partial charge in [0, 0.05) is 49.5 Å². The van der Waals surface area contributed by atoms with Crippen molar-refractivity contribution in [1.82, 2.24) is 14.3 Å². The van der Waals surface area contributed by atoms with Crippen LogP contribution in [0.1, 0.15) is 31.2 Å². The highest BCUT2D eigenvalue weighted by Gasteiger charge is 2.37. The minimum atomic E-state index is 0.244. The third kappa shape index (κ3) is 3.29. The summed E-state index contributed by atoms with van der Waals surface area (Å²) >= 11 is 1.47. The SMILES string of the molecule is CC1CN(c2nc(Cc3ccccc3)ns2)CCN1C(=O)C1CC1. The molecule has 4 rings (SSSR count). The molecule has 1 aliphatic heterocycles. The van der Waals surface area contributed by atoms with Crippen LogP contribution in [0.2, 0.25) is 0 Å². The topological polar surface area (TPSA) is 49.3 Å². The number of rotatable bonds is 4. The highest BCUT2D eigenvalue weighted by molar-refractivity contribution is 7.09. The lowest BCUT2D eigenvalue weighted by Gasteiger charge is -2.39. The summed E-state index contributed by atoms with van der Waals surface area (Å²) in [5.41, 5.74) is 1.23. The average Bonchev–Trinajstić information content (AvgIpc) is 3.35. The van der Waals surface area contributed by atoms with Crippen LogP contribution in [0.4, 0.5) is 5.13 Å². The summed E-state index contributed by atoms with van der Waals surface area (Å²) in [7, 11) is 0. The highest BCUT2D eigenvalue weighted by atomic mass is 32.1. The molecule has 5 nitrogen and oxygen atoms in total. The van der Waals surface area contributed by atoms with Crippen molar-refractivity contribution in [1.29, 1.82) is 0 Å². The van der Waals surface area contributed by atoms with Crippen LogP contribution in [-0.2, 0) is 11.2 Å². The van der Waals surface area contributed by atoms with Crippen molar-refractivity contribution in [3.05, 3.63) is 41.7 Å². The zero-order valence-electron chi connectivity index (χ0n) is 13.9.